The van der Waals surface area contributed by atoms with Gasteiger partial charge < -0.3 is 0 Å². The van der Waals surface area contributed by atoms with E-state index in [0.29, 0.717) is 0 Å². The molecule has 2 heterocycles. The number of hydrogen-bond acceptors (Lipinski definition) is 3. The Morgan fingerprint density at radius 2 is 1.52 bits per heavy atom. The van der Waals surface area contributed by atoms with Gasteiger partial charge in [-0.15, -0.1) is 0 Å². The number of hydrogen-bond donors (Lipinski definition) is 0. The lowest BCUT2D eigenvalue weighted by molar-refractivity contribution is 0.517. The number of para-hydroxylation sites is 1. The van der Waals surface area contributed by atoms with E-state index in [2.05, 4.69) is 67.3 Å². The van der Waals surface area contributed by atoms with Gasteiger partial charge in [0.05, 0.1) is 17.6 Å². The Morgan fingerprint density at radius 1 is 0.852 bits per heavy atom. The lowest BCUT2D eigenvalue weighted by atomic mass is 9.85. The van der Waals surface area contributed by atoms with Gasteiger partial charge in [-0.05, 0) is 17.7 Å². The summed E-state index contributed by atoms with van der Waals surface area (Å²) in [7, 11) is 0. The predicted molar refractivity (Wildman–Crippen MR) is 106 cm³/mol. The van der Waals surface area contributed by atoms with E-state index in [1.165, 1.54) is 0 Å². The third-order valence-electron chi connectivity index (χ3n) is 4.62. The normalized spacial score (nSPS) is 12.9. The average molecular weight is 357 g/mol. The maximum Gasteiger partial charge on any atom is 0.137 e. The molecule has 27 heavy (non-hydrogen) atoms. The zero-order chi connectivity index (χ0) is 18.9. The molecule has 0 N–H and O–H groups in total. The fourth-order valence-corrected chi connectivity index (χ4v) is 3.54. The van der Waals surface area contributed by atoms with Crippen LogP contribution in [0.25, 0.3) is 5.69 Å². The van der Waals surface area contributed by atoms with Crippen molar-refractivity contribution in [1.82, 2.24) is 24.5 Å². The van der Waals surface area contributed by atoms with E-state index in [0.717, 1.165) is 22.5 Å². The van der Waals surface area contributed by atoms with Gasteiger partial charge in [0.25, 0.3) is 0 Å². The SMILES string of the molecule is CC(C)(C)c1c(C(c2ccccc2)n2cncn2)cnn1-c1ccccc1. The minimum absolute atomic E-state index is 0.0830. The molecular formula is C22H23N5. The number of rotatable bonds is 4. The van der Waals surface area contributed by atoms with E-state index < -0.39 is 0 Å². The molecule has 0 saturated carbocycles. The molecule has 0 aliphatic rings. The monoisotopic (exact) mass is 357 g/mol. The topological polar surface area (TPSA) is 48.5 Å². The highest BCUT2D eigenvalue weighted by Gasteiger charge is 2.30. The molecule has 5 nitrogen and oxygen atoms in total. The molecular weight excluding hydrogens is 334 g/mol. The van der Waals surface area contributed by atoms with Crippen molar-refractivity contribution in [2.45, 2.75) is 32.2 Å². The van der Waals surface area contributed by atoms with Crippen molar-refractivity contribution in [3.8, 4) is 5.69 Å². The fourth-order valence-electron chi connectivity index (χ4n) is 3.54. The summed E-state index contributed by atoms with van der Waals surface area (Å²) < 4.78 is 3.94. The molecule has 5 heteroatoms. The molecule has 0 saturated heterocycles. The molecule has 2 aromatic heterocycles. The van der Waals surface area contributed by atoms with Crippen LogP contribution in [0.4, 0.5) is 0 Å². The van der Waals surface area contributed by atoms with Crippen molar-refractivity contribution >= 4 is 0 Å². The molecule has 0 radical (unpaired) electrons. The number of nitrogens with zero attached hydrogens (tertiary/aromatic N) is 5. The molecule has 0 aliphatic heterocycles. The summed E-state index contributed by atoms with van der Waals surface area (Å²) in [6.45, 7) is 6.66. The van der Waals surface area contributed by atoms with E-state index in [-0.39, 0.29) is 11.5 Å². The molecule has 2 aromatic carbocycles. The summed E-state index contributed by atoms with van der Waals surface area (Å²) in [4.78, 5) is 4.18. The van der Waals surface area contributed by atoms with E-state index in [9.17, 15) is 0 Å². The van der Waals surface area contributed by atoms with Crippen molar-refractivity contribution in [1.29, 1.82) is 0 Å². The van der Waals surface area contributed by atoms with Crippen LogP contribution in [0.5, 0.6) is 0 Å². The molecule has 0 amide bonds. The summed E-state index contributed by atoms with van der Waals surface area (Å²) >= 11 is 0. The third kappa shape index (κ3) is 3.28. The second-order valence-corrected chi connectivity index (χ2v) is 7.63. The maximum absolute atomic E-state index is 4.76. The van der Waals surface area contributed by atoms with Gasteiger partial charge in [-0.3, -0.25) is 0 Å². The van der Waals surface area contributed by atoms with Crippen LogP contribution in [0, 0.1) is 0 Å². The molecule has 4 rings (SSSR count). The predicted octanol–water partition coefficient (Wildman–Crippen LogP) is 4.40. The van der Waals surface area contributed by atoms with Crippen molar-refractivity contribution in [2.75, 3.05) is 0 Å². The first kappa shape index (κ1) is 17.2. The Kier molecular flexibility index (Phi) is 4.36. The third-order valence-corrected chi connectivity index (χ3v) is 4.62. The van der Waals surface area contributed by atoms with Crippen LogP contribution in [-0.4, -0.2) is 24.5 Å². The Bertz CT molecular complexity index is 996. The summed E-state index contributed by atoms with van der Waals surface area (Å²) in [5.41, 5.74) is 4.40. The standard InChI is InChI=1S/C22H23N5/c1-22(2,3)21-19(14-24-27(21)18-12-8-5-9-13-18)20(26-16-23-15-25-26)17-10-6-4-7-11-17/h4-16,20H,1-3H3. The first-order valence-corrected chi connectivity index (χ1v) is 9.08. The van der Waals surface area contributed by atoms with E-state index >= 15 is 0 Å². The molecule has 0 spiro atoms. The van der Waals surface area contributed by atoms with E-state index in [4.69, 9.17) is 5.10 Å². The smallest absolute Gasteiger partial charge is 0.137 e. The minimum Gasteiger partial charge on any atom is -0.241 e. The molecule has 0 fully saturated rings. The van der Waals surface area contributed by atoms with Gasteiger partial charge in [-0.1, -0.05) is 69.3 Å². The minimum atomic E-state index is -0.102. The van der Waals surface area contributed by atoms with Gasteiger partial charge in [0, 0.05) is 11.0 Å². The summed E-state index contributed by atoms with van der Waals surface area (Å²) in [5.74, 6) is 0. The summed E-state index contributed by atoms with van der Waals surface area (Å²) in [5, 5.41) is 9.21. The molecule has 1 unspecified atom stereocenters. The zero-order valence-corrected chi connectivity index (χ0v) is 15.8. The van der Waals surface area contributed by atoms with Gasteiger partial charge in [0.15, 0.2) is 0 Å². The quantitative estimate of drug-likeness (QED) is 0.544. The van der Waals surface area contributed by atoms with Gasteiger partial charge in [-0.25, -0.2) is 14.3 Å². The highest BCUT2D eigenvalue weighted by Crippen LogP contribution is 2.35. The van der Waals surface area contributed by atoms with Crippen LogP contribution in [0.3, 0.4) is 0 Å². The highest BCUT2D eigenvalue weighted by atomic mass is 15.3. The van der Waals surface area contributed by atoms with Crippen molar-refractivity contribution in [3.05, 3.63) is 96.3 Å². The second kappa shape index (κ2) is 6.83. The van der Waals surface area contributed by atoms with Crippen LogP contribution in [0.2, 0.25) is 0 Å². The second-order valence-electron chi connectivity index (χ2n) is 7.63. The Labute approximate surface area is 159 Å². The Morgan fingerprint density at radius 3 is 2.11 bits per heavy atom. The van der Waals surface area contributed by atoms with E-state index in [1.807, 2.05) is 39.8 Å². The van der Waals surface area contributed by atoms with Gasteiger partial charge in [-0.2, -0.15) is 10.2 Å². The van der Waals surface area contributed by atoms with Crippen LogP contribution in [-0.2, 0) is 5.41 Å². The van der Waals surface area contributed by atoms with Crippen LogP contribution >= 0.6 is 0 Å². The molecule has 1 atom stereocenters. The van der Waals surface area contributed by atoms with Gasteiger partial charge in [0.1, 0.15) is 18.7 Å². The molecule has 4 aromatic rings. The number of benzene rings is 2. The van der Waals surface area contributed by atoms with Gasteiger partial charge >= 0.3 is 0 Å². The van der Waals surface area contributed by atoms with Crippen molar-refractivity contribution in [2.24, 2.45) is 0 Å². The molecule has 136 valence electrons. The fraction of sp³-hybridized carbons (Fsp3) is 0.227. The molecule has 0 bridgehead atoms. The lowest BCUT2D eigenvalue weighted by Gasteiger charge is -2.26. The zero-order valence-electron chi connectivity index (χ0n) is 15.8. The summed E-state index contributed by atoms with van der Waals surface area (Å²) in [6.07, 6.45) is 5.31. The van der Waals surface area contributed by atoms with Crippen molar-refractivity contribution < 1.29 is 0 Å². The first-order chi connectivity index (χ1) is 13.1. The van der Waals surface area contributed by atoms with Crippen LogP contribution in [0.15, 0.2) is 79.5 Å². The highest BCUT2D eigenvalue weighted by molar-refractivity contribution is 5.42. The lowest BCUT2D eigenvalue weighted by Crippen LogP contribution is -2.23. The van der Waals surface area contributed by atoms with Crippen LogP contribution in [0.1, 0.15) is 43.6 Å². The van der Waals surface area contributed by atoms with Gasteiger partial charge in [0.2, 0.25) is 0 Å². The average Bonchev–Trinajstić information content (AvgIpc) is 3.34. The molecule has 0 aliphatic carbocycles. The number of aromatic nitrogens is 5. The Balaban J connectivity index is 1.95. The first-order valence-electron chi connectivity index (χ1n) is 9.08. The maximum atomic E-state index is 4.76. The van der Waals surface area contributed by atoms with E-state index in [1.54, 1.807) is 12.7 Å². The van der Waals surface area contributed by atoms with Crippen molar-refractivity contribution in [3.63, 3.8) is 0 Å². The summed E-state index contributed by atoms with van der Waals surface area (Å²) in [6, 6.07) is 20.6. The largest absolute Gasteiger partial charge is 0.241 e. The Hall–Kier alpha value is -3.21. The van der Waals surface area contributed by atoms with Crippen LogP contribution < -0.4 is 0 Å².